The number of esters is 1. The highest BCUT2D eigenvalue weighted by Crippen LogP contribution is 2.43. The number of aliphatic hydroxyl groups is 5. The summed E-state index contributed by atoms with van der Waals surface area (Å²) in [4.78, 5) is 45.1. The Morgan fingerprint density at radius 3 is 2.27 bits per heavy atom. The van der Waals surface area contributed by atoms with Crippen LogP contribution >= 0.6 is 0 Å². The number of allylic oxidation sites excluding steroid dienone is 8. The molecule has 2 bridgehead atoms. The molecule has 0 radical (unpaired) electrons. The maximum Gasteiger partial charge on any atom is 0.329 e. The molecule has 1 saturated carbocycles. The number of rotatable bonds is 6. The van der Waals surface area contributed by atoms with Crippen LogP contribution < -0.4 is 5.32 Å². The fourth-order valence-corrected chi connectivity index (χ4v) is 12.6. The molecule has 2 unspecified atom stereocenters. The van der Waals surface area contributed by atoms with Gasteiger partial charge in [0.25, 0.3) is 11.7 Å². The molecule has 0 aromatic rings. The first kappa shape index (κ1) is 58.5. The van der Waals surface area contributed by atoms with Gasteiger partial charge in [-0.2, -0.15) is 0 Å². The minimum atomic E-state index is -2.42. The van der Waals surface area contributed by atoms with Crippen LogP contribution in [0.5, 0.6) is 0 Å². The zero-order valence-electron chi connectivity index (χ0n) is 45.4. The number of nitrogens with zero attached hydrogens (tertiary/aromatic N) is 1. The van der Waals surface area contributed by atoms with Crippen LogP contribution in [0.2, 0.25) is 0 Å². The van der Waals surface area contributed by atoms with E-state index >= 15 is 0 Å². The van der Waals surface area contributed by atoms with Gasteiger partial charge in [0.15, 0.2) is 0 Å². The van der Waals surface area contributed by atoms with Gasteiger partial charge in [0.1, 0.15) is 24.4 Å². The number of fused-ring (bicyclic) bond motifs is 4. The Balaban J connectivity index is 1.33. The van der Waals surface area contributed by atoms with Crippen molar-refractivity contribution in [3.8, 4) is 0 Å². The molecule has 0 aromatic carbocycles. The lowest BCUT2D eigenvalue weighted by Gasteiger charge is -2.43. The van der Waals surface area contributed by atoms with E-state index in [1.807, 2.05) is 39.0 Å². The Kier molecular flexibility index (Phi) is 21.1. The number of ether oxygens (including phenoxy) is 4. The molecule has 1 amide bonds. The normalized spacial score (nSPS) is 42.9. The second kappa shape index (κ2) is 26.4. The van der Waals surface area contributed by atoms with Crippen molar-refractivity contribution in [1.29, 1.82) is 0 Å². The highest BCUT2D eigenvalue weighted by molar-refractivity contribution is 6.39. The van der Waals surface area contributed by atoms with E-state index in [-0.39, 0.29) is 67.0 Å². The quantitative estimate of drug-likeness (QED) is 0.0876. The molecule has 3 fully saturated rings. The number of carbonyl (C=O) groups is 3. The topological polar surface area (TPSA) is 205 Å². The van der Waals surface area contributed by atoms with Crippen molar-refractivity contribution in [2.24, 2.45) is 47.3 Å². The molecule has 19 atom stereocenters. The molecule has 0 aromatic heterocycles. The predicted octanol–water partition coefficient (Wildman–Crippen LogP) is 7.35. The summed E-state index contributed by atoms with van der Waals surface area (Å²) in [6.07, 6.45) is 20.1. The third-order valence-corrected chi connectivity index (χ3v) is 17.4. The van der Waals surface area contributed by atoms with E-state index in [1.165, 1.54) is 23.2 Å². The Morgan fingerprint density at radius 2 is 1.55 bits per heavy atom. The third-order valence-electron chi connectivity index (χ3n) is 17.4. The number of nitrogens with one attached hydrogen (secondary N) is 1. The van der Waals surface area contributed by atoms with Gasteiger partial charge in [0.2, 0.25) is 5.79 Å². The molecule has 0 spiro atoms. The smallest absolute Gasteiger partial charge is 0.329 e. The number of amides is 1. The lowest BCUT2D eigenvalue weighted by molar-refractivity contribution is -0.264. The molecule has 408 valence electrons. The average Bonchev–Trinajstić information content (AvgIpc) is 3.81. The average molecular weight is 1020 g/mol. The maximum atomic E-state index is 14.6. The van der Waals surface area contributed by atoms with Crippen LogP contribution in [0.4, 0.5) is 0 Å². The number of hydrogen-bond donors (Lipinski definition) is 6. The van der Waals surface area contributed by atoms with E-state index in [2.05, 4.69) is 62.7 Å². The van der Waals surface area contributed by atoms with Crippen molar-refractivity contribution in [3.63, 3.8) is 0 Å². The molecule has 14 nitrogen and oxygen atoms in total. The van der Waals surface area contributed by atoms with E-state index in [4.69, 9.17) is 18.9 Å². The fraction of sp³-hybridized carbons (Fsp3) is 0.712. The largest absolute Gasteiger partial charge is 0.460 e. The minimum absolute atomic E-state index is 0.0354. The zero-order valence-corrected chi connectivity index (χ0v) is 45.4. The number of piperidine rings is 1. The van der Waals surface area contributed by atoms with Crippen LogP contribution in [0.15, 0.2) is 83.2 Å². The molecule has 6 N–H and O–H groups in total. The Labute approximate surface area is 435 Å². The number of methoxy groups -OCH3 is 2. The molecule has 14 heteroatoms. The van der Waals surface area contributed by atoms with Crippen LogP contribution in [-0.4, -0.2) is 136 Å². The van der Waals surface area contributed by atoms with Crippen LogP contribution in [-0.2, 0) is 33.3 Å². The summed E-state index contributed by atoms with van der Waals surface area (Å²) in [7, 11) is 3.06. The van der Waals surface area contributed by atoms with E-state index in [0.717, 1.165) is 12.0 Å². The molecule has 2 saturated heterocycles. The summed E-state index contributed by atoms with van der Waals surface area (Å²) < 4.78 is 24.3. The predicted molar refractivity (Wildman–Crippen MR) is 281 cm³/mol. The summed E-state index contributed by atoms with van der Waals surface area (Å²) in [5.74, 6) is -6.73. The molecule has 6 aliphatic rings. The number of Topliss-reactive ketones (excluding diaryl/α,β-unsaturated/α-hetero) is 1. The van der Waals surface area contributed by atoms with Gasteiger partial charge in [-0.3, -0.25) is 9.59 Å². The number of cyclic esters (lactones) is 1. The van der Waals surface area contributed by atoms with Crippen LogP contribution in [0.3, 0.4) is 0 Å². The van der Waals surface area contributed by atoms with E-state index in [9.17, 15) is 39.9 Å². The molecule has 4 aliphatic heterocycles. The number of hydrogen-bond acceptors (Lipinski definition) is 13. The van der Waals surface area contributed by atoms with E-state index in [0.29, 0.717) is 63.4 Å². The monoisotopic (exact) mass is 1020 g/mol. The fourth-order valence-electron chi connectivity index (χ4n) is 12.6. The Hall–Kier alpha value is -3.73. The van der Waals surface area contributed by atoms with E-state index in [1.54, 1.807) is 27.0 Å². The van der Waals surface area contributed by atoms with Gasteiger partial charge < -0.3 is 54.7 Å². The zero-order chi connectivity index (χ0) is 53.3. The number of carbonyl (C=O) groups excluding carboxylic acids is 3. The van der Waals surface area contributed by atoms with Crippen LogP contribution in [0.25, 0.3) is 0 Å². The van der Waals surface area contributed by atoms with Crippen molar-refractivity contribution in [2.45, 2.75) is 199 Å². The Morgan fingerprint density at radius 1 is 0.808 bits per heavy atom. The van der Waals surface area contributed by atoms with Crippen LogP contribution in [0, 0.1) is 47.3 Å². The SMILES string of the molecule is CO[C@H]1[C@@H](O)[C@H](C)C[C@H](C)/C=C/C=C/C=C(\C)[C@@H](C2=CNC3C(C)=CC=CC23)C[C@@H]2CC[C@@H](C)[C@@](O)(O2)C(=O)C(=O)N2CCCC[C@H]2C(=O)O[C@H]([C@H](C)C[C@@H]2CC[C@@H](O)[C@H](OC)C2)C[C@H](O)[C@H](C)/C=C(\C)[C@H]1O. The summed E-state index contributed by atoms with van der Waals surface area (Å²) >= 11 is 0. The van der Waals surface area contributed by atoms with Crippen molar-refractivity contribution < 1.29 is 58.9 Å². The van der Waals surface area contributed by atoms with Crippen molar-refractivity contribution in [3.05, 3.63) is 83.2 Å². The van der Waals surface area contributed by atoms with Gasteiger partial charge in [-0.25, -0.2) is 4.79 Å². The molecular formula is C59H90N2O12. The molecule has 2 aliphatic carbocycles. The first-order valence-electron chi connectivity index (χ1n) is 27.4. The van der Waals surface area contributed by atoms with E-state index < -0.39 is 84.1 Å². The number of aliphatic hydroxyl groups excluding tert-OH is 4. The number of ketones is 1. The van der Waals surface area contributed by atoms with Gasteiger partial charge in [0.05, 0.1) is 36.6 Å². The van der Waals surface area contributed by atoms with Gasteiger partial charge in [-0.15, -0.1) is 0 Å². The standard InChI is InChI=1S/C59H90N2O12/c1-34-17-12-11-13-18-35(2)45(46-33-60-52-36(3)19-16-20-44(46)52)31-43-24-22-41(8)59(69,73-43)56(66)57(67)61-26-15-14-21-47(61)58(68)72-50(38(5)29-42-23-25-48(62)51(30-42)70-9)32-49(63)37(4)28-40(7)54(65)55(71-10)53(64)39(6)27-34/h11-13,16-20,28,33-34,37-39,41-45,47-55,60,62-65,69H,14-15,21-27,29-32H2,1-10H3/b13-11+,17-12+,35-18+,40-28+/t34-,37-,38-,39-,41-,42+,43+,44?,45+,47+,48-,49+,50+,51-,52?,53+,54-,55+,59-/m1/s1. The van der Waals surface area contributed by atoms with Crippen molar-refractivity contribution >= 4 is 17.7 Å². The second-order valence-electron chi connectivity index (χ2n) is 22.9. The Bertz CT molecular complexity index is 2110. The molecule has 6 rings (SSSR count). The first-order valence-corrected chi connectivity index (χ1v) is 27.4. The van der Waals surface area contributed by atoms with Crippen molar-refractivity contribution in [2.75, 3.05) is 20.8 Å². The summed E-state index contributed by atoms with van der Waals surface area (Å²) in [5, 5.41) is 61.6. The summed E-state index contributed by atoms with van der Waals surface area (Å²) in [6, 6.07) is -0.996. The maximum absolute atomic E-state index is 14.6. The van der Waals surface area contributed by atoms with Gasteiger partial charge in [-0.05, 0) is 132 Å². The second-order valence-corrected chi connectivity index (χ2v) is 22.9. The summed E-state index contributed by atoms with van der Waals surface area (Å²) in [6.45, 7) is 15.6. The van der Waals surface area contributed by atoms with Crippen molar-refractivity contribution in [1.82, 2.24) is 10.2 Å². The highest BCUT2D eigenvalue weighted by atomic mass is 16.6. The lowest BCUT2D eigenvalue weighted by Crippen LogP contribution is -2.60. The van der Waals surface area contributed by atoms with Crippen LogP contribution in [0.1, 0.15) is 132 Å². The highest BCUT2D eigenvalue weighted by Gasteiger charge is 2.53. The summed E-state index contributed by atoms with van der Waals surface area (Å²) in [5.41, 5.74) is 3.97. The van der Waals surface area contributed by atoms with Gasteiger partial charge in [-0.1, -0.05) is 100 Å². The molecule has 4 heterocycles. The lowest BCUT2D eigenvalue weighted by atomic mass is 9.75. The van der Waals surface area contributed by atoms with Gasteiger partial charge in [0, 0.05) is 50.9 Å². The molecule has 73 heavy (non-hydrogen) atoms. The first-order chi connectivity index (χ1) is 34.7. The minimum Gasteiger partial charge on any atom is -0.460 e. The molecular weight excluding hydrogens is 929 g/mol. The third kappa shape index (κ3) is 14.2. The van der Waals surface area contributed by atoms with Gasteiger partial charge >= 0.3 is 5.97 Å².